The van der Waals surface area contributed by atoms with Gasteiger partial charge in [0.05, 0.1) is 15.5 Å². The molecule has 0 unspecified atom stereocenters. The molecule has 1 rings (SSSR count). The lowest BCUT2D eigenvalue weighted by atomic mass is 10.2. The lowest BCUT2D eigenvalue weighted by Gasteiger charge is -2.06. The molecule has 7 heteroatoms. The van der Waals surface area contributed by atoms with Crippen LogP contribution in [0.15, 0.2) is 35.7 Å². The Morgan fingerprint density at radius 2 is 2.18 bits per heavy atom. The van der Waals surface area contributed by atoms with Crippen LogP contribution in [0, 0.1) is 0 Å². The number of hydrogen-bond acceptors (Lipinski definition) is 3. The van der Waals surface area contributed by atoms with Gasteiger partial charge in [0, 0.05) is 6.54 Å². The van der Waals surface area contributed by atoms with Crippen molar-refractivity contribution in [3.05, 3.63) is 41.4 Å². The Hall–Kier alpha value is -1.37. The van der Waals surface area contributed by atoms with Gasteiger partial charge in [-0.3, -0.25) is 0 Å². The first-order valence-corrected chi connectivity index (χ1v) is 6.38. The van der Waals surface area contributed by atoms with Crippen LogP contribution in [-0.2, 0) is 10.0 Å². The highest BCUT2D eigenvalue weighted by Gasteiger charge is 2.17. The maximum absolute atomic E-state index is 11.7. The minimum atomic E-state index is -3.74. The molecular weight excluding hydrogens is 266 g/mol. The molecule has 0 aromatic heterocycles. The minimum absolute atomic E-state index is 0.0137. The van der Waals surface area contributed by atoms with Crippen LogP contribution in [0.1, 0.15) is 10.4 Å². The fourth-order valence-corrected chi connectivity index (χ4v) is 2.31. The summed E-state index contributed by atoms with van der Waals surface area (Å²) < 4.78 is 25.6. The molecule has 0 aliphatic heterocycles. The van der Waals surface area contributed by atoms with Crippen LogP contribution in [0.2, 0.25) is 5.02 Å². The summed E-state index contributed by atoms with van der Waals surface area (Å²) in [6, 6.07) is 3.48. The van der Waals surface area contributed by atoms with E-state index in [1.165, 1.54) is 18.2 Å². The van der Waals surface area contributed by atoms with E-state index in [-0.39, 0.29) is 22.0 Å². The Kier molecular flexibility index (Phi) is 4.28. The predicted octanol–water partition coefficient (Wildman–Crippen LogP) is 1.50. The molecule has 0 bridgehead atoms. The first-order chi connectivity index (χ1) is 7.88. The molecule has 0 aliphatic rings. The van der Waals surface area contributed by atoms with Gasteiger partial charge in [0.1, 0.15) is 0 Å². The van der Waals surface area contributed by atoms with Crippen molar-refractivity contribution < 1.29 is 18.3 Å². The van der Waals surface area contributed by atoms with Gasteiger partial charge in [0.25, 0.3) is 0 Å². The number of aromatic carboxylic acids is 1. The molecule has 0 fully saturated rings. The number of nitrogens with one attached hydrogen (secondary N) is 1. The van der Waals surface area contributed by atoms with E-state index in [0.29, 0.717) is 0 Å². The van der Waals surface area contributed by atoms with Crippen LogP contribution < -0.4 is 4.72 Å². The van der Waals surface area contributed by atoms with Gasteiger partial charge in [0.15, 0.2) is 0 Å². The number of carboxylic acid groups (broad SMARTS) is 1. The van der Waals surface area contributed by atoms with Crippen LogP contribution >= 0.6 is 11.6 Å². The third-order valence-electron chi connectivity index (χ3n) is 1.90. The molecule has 17 heavy (non-hydrogen) atoms. The van der Waals surface area contributed by atoms with Crippen LogP contribution in [0.5, 0.6) is 0 Å². The van der Waals surface area contributed by atoms with E-state index in [4.69, 9.17) is 16.7 Å². The number of benzene rings is 1. The lowest BCUT2D eigenvalue weighted by Crippen LogP contribution is -2.23. The number of carboxylic acids is 1. The molecule has 0 saturated carbocycles. The van der Waals surface area contributed by atoms with Crippen molar-refractivity contribution in [3.63, 3.8) is 0 Å². The van der Waals surface area contributed by atoms with Crippen LogP contribution in [0.3, 0.4) is 0 Å². The summed E-state index contributed by atoms with van der Waals surface area (Å²) in [5, 5.41) is 8.80. The van der Waals surface area contributed by atoms with Crippen LogP contribution in [-0.4, -0.2) is 26.0 Å². The third-order valence-corrected chi connectivity index (χ3v) is 3.65. The Morgan fingerprint density at radius 1 is 1.53 bits per heavy atom. The molecule has 0 heterocycles. The number of carbonyl (C=O) groups is 1. The summed E-state index contributed by atoms with van der Waals surface area (Å²) in [5.74, 6) is -1.28. The van der Waals surface area contributed by atoms with E-state index in [9.17, 15) is 13.2 Å². The summed E-state index contributed by atoms with van der Waals surface area (Å²) >= 11 is 5.63. The monoisotopic (exact) mass is 275 g/mol. The van der Waals surface area contributed by atoms with Gasteiger partial charge in [0.2, 0.25) is 10.0 Å². The van der Waals surface area contributed by atoms with Gasteiger partial charge in [-0.05, 0) is 18.2 Å². The van der Waals surface area contributed by atoms with Crippen molar-refractivity contribution in [3.8, 4) is 0 Å². The molecular formula is C10H10ClNO4S. The average Bonchev–Trinajstić information content (AvgIpc) is 2.26. The zero-order valence-electron chi connectivity index (χ0n) is 8.68. The SMILES string of the molecule is C=CCNS(=O)(=O)c1ccc(Cl)c(C(=O)O)c1. The first-order valence-electron chi connectivity index (χ1n) is 4.52. The normalized spacial score (nSPS) is 11.1. The molecule has 0 spiro atoms. The molecule has 0 radical (unpaired) electrons. The number of hydrogen-bond donors (Lipinski definition) is 2. The van der Waals surface area contributed by atoms with Gasteiger partial charge in [-0.25, -0.2) is 17.9 Å². The highest BCUT2D eigenvalue weighted by molar-refractivity contribution is 7.89. The maximum Gasteiger partial charge on any atom is 0.337 e. The summed E-state index contributed by atoms with van der Waals surface area (Å²) in [5.41, 5.74) is -0.256. The molecule has 1 aromatic carbocycles. The Morgan fingerprint density at radius 3 is 2.71 bits per heavy atom. The summed E-state index contributed by atoms with van der Waals surface area (Å²) in [6.07, 6.45) is 1.38. The second-order valence-corrected chi connectivity index (χ2v) is 5.26. The molecule has 5 nitrogen and oxygen atoms in total. The molecule has 2 N–H and O–H groups in total. The van der Waals surface area contributed by atoms with Gasteiger partial charge < -0.3 is 5.11 Å². The Bertz CT molecular complexity index is 553. The number of halogens is 1. The topological polar surface area (TPSA) is 83.5 Å². The van der Waals surface area contributed by atoms with Crippen LogP contribution in [0.4, 0.5) is 0 Å². The van der Waals surface area contributed by atoms with E-state index in [2.05, 4.69) is 11.3 Å². The largest absolute Gasteiger partial charge is 0.478 e. The average molecular weight is 276 g/mol. The summed E-state index contributed by atoms with van der Waals surface area (Å²) in [6.45, 7) is 3.44. The molecule has 1 aromatic rings. The number of rotatable bonds is 5. The van der Waals surface area contributed by atoms with Crippen LogP contribution in [0.25, 0.3) is 0 Å². The molecule has 0 saturated heterocycles. The Labute approximate surface area is 104 Å². The Balaban J connectivity index is 3.20. The van der Waals surface area contributed by atoms with E-state index < -0.39 is 16.0 Å². The predicted molar refractivity (Wildman–Crippen MR) is 63.8 cm³/mol. The van der Waals surface area contributed by atoms with Crippen molar-refractivity contribution in [2.24, 2.45) is 0 Å². The highest BCUT2D eigenvalue weighted by Crippen LogP contribution is 2.20. The second-order valence-electron chi connectivity index (χ2n) is 3.09. The van der Waals surface area contributed by atoms with Gasteiger partial charge in [-0.15, -0.1) is 6.58 Å². The zero-order chi connectivity index (χ0) is 13.1. The smallest absolute Gasteiger partial charge is 0.337 e. The standard InChI is InChI=1S/C10H10ClNO4S/c1-2-5-12-17(15,16)7-3-4-9(11)8(6-7)10(13)14/h2-4,6,12H,1,5H2,(H,13,14). The van der Waals surface area contributed by atoms with E-state index in [0.717, 1.165) is 6.07 Å². The minimum Gasteiger partial charge on any atom is -0.478 e. The fourth-order valence-electron chi connectivity index (χ4n) is 1.09. The molecule has 92 valence electrons. The zero-order valence-corrected chi connectivity index (χ0v) is 10.3. The van der Waals surface area contributed by atoms with Crippen molar-refractivity contribution in [1.82, 2.24) is 4.72 Å². The summed E-state index contributed by atoms with van der Waals surface area (Å²) in [7, 11) is -3.74. The van der Waals surface area contributed by atoms with Crippen molar-refractivity contribution in [2.75, 3.05) is 6.54 Å². The third kappa shape index (κ3) is 3.29. The number of sulfonamides is 1. The van der Waals surface area contributed by atoms with Gasteiger partial charge in [-0.1, -0.05) is 17.7 Å². The fraction of sp³-hybridized carbons (Fsp3) is 0.100. The maximum atomic E-state index is 11.7. The van der Waals surface area contributed by atoms with E-state index in [1.807, 2.05) is 0 Å². The van der Waals surface area contributed by atoms with Crippen molar-refractivity contribution >= 4 is 27.6 Å². The summed E-state index contributed by atoms with van der Waals surface area (Å²) in [4.78, 5) is 10.6. The highest BCUT2D eigenvalue weighted by atomic mass is 35.5. The van der Waals surface area contributed by atoms with E-state index in [1.54, 1.807) is 0 Å². The quantitative estimate of drug-likeness (QED) is 0.798. The molecule has 0 aliphatic carbocycles. The van der Waals surface area contributed by atoms with Gasteiger partial charge in [-0.2, -0.15) is 0 Å². The lowest BCUT2D eigenvalue weighted by molar-refractivity contribution is 0.0697. The van der Waals surface area contributed by atoms with Crippen molar-refractivity contribution in [1.29, 1.82) is 0 Å². The van der Waals surface area contributed by atoms with Crippen molar-refractivity contribution in [2.45, 2.75) is 4.90 Å². The molecule has 0 amide bonds. The first kappa shape index (κ1) is 13.7. The van der Waals surface area contributed by atoms with Gasteiger partial charge >= 0.3 is 5.97 Å². The second kappa shape index (κ2) is 5.31. The van der Waals surface area contributed by atoms with E-state index >= 15 is 0 Å². The molecule has 0 atom stereocenters.